The highest BCUT2D eigenvalue weighted by molar-refractivity contribution is 6.29. The molecule has 6 nitrogen and oxygen atoms in total. The average molecular weight is 402 g/mol. The normalized spacial score (nSPS) is 14.9. The van der Waals surface area contributed by atoms with Crippen molar-refractivity contribution in [1.82, 2.24) is 20.6 Å². The summed E-state index contributed by atoms with van der Waals surface area (Å²) in [7, 11) is 0. The van der Waals surface area contributed by atoms with Crippen LogP contribution in [0.4, 0.5) is 0 Å². The van der Waals surface area contributed by atoms with E-state index < -0.39 is 0 Å². The zero-order valence-corrected chi connectivity index (χ0v) is 17.1. The number of pyridine rings is 2. The fraction of sp³-hybridized carbons (Fsp3) is 0.476. The van der Waals surface area contributed by atoms with Gasteiger partial charge in [0.15, 0.2) is 5.96 Å². The number of rotatable bonds is 8. The zero-order valence-electron chi connectivity index (χ0n) is 16.3. The molecule has 2 aromatic rings. The molecule has 3 rings (SSSR count). The third-order valence-corrected chi connectivity index (χ3v) is 4.90. The quantitative estimate of drug-likeness (QED) is 0.400. The molecule has 1 fully saturated rings. The third-order valence-electron chi connectivity index (χ3n) is 4.68. The van der Waals surface area contributed by atoms with Gasteiger partial charge in [-0.15, -0.1) is 0 Å². The van der Waals surface area contributed by atoms with E-state index in [0.717, 1.165) is 49.4 Å². The van der Waals surface area contributed by atoms with Gasteiger partial charge in [-0.25, -0.2) is 15.0 Å². The van der Waals surface area contributed by atoms with Crippen LogP contribution in [0.5, 0.6) is 5.88 Å². The van der Waals surface area contributed by atoms with Crippen LogP contribution in [-0.4, -0.2) is 35.1 Å². The topological polar surface area (TPSA) is 71.4 Å². The largest absolute Gasteiger partial charge is 0.474 e. The van der Waals surface area contributed by atoms with Gasteiger partial charge in [0.05, 0.1) is 6.54 Å². The molecule has 0 atom stereocenters. The first kappa shape index (κ1) is 20.4. The summed E-state index contributed by atoms with van der Waals surface area (Å²) in [5.74, 6) is 1.49. The molecule has 2 aromatic heterocycles. The summed E-state index contributed by atoms with van der Waals surface area (Å²) in [6, 6.07) is 7.76. The van der Waals surface area contributed by atoms with E-state index in [0.29, 0.717) is 17.6 Å². The van der Waals surface area contributed by atoms with Crippen molar-refractivity contribution in [3.05, 3.63) is 52.9 Å². The molecule has 28 heavy (non-hydrogen) atoms. The van der Waals surface area contributed by atoms with E-state index in [2.05, 4.69) is 27.5 Å². The second-order valence-corrected chi connectivity index (χ2v) is 7.24. The first-order valence-electron chi connectivity index (χ1n) is 9.97. The van der Waals surface area contributed by atoms with Crippen molar-refractivity contribution in [2.45, 2.75) is 51.7 Å². The standard InChI is InChI=1S/C21H28ClN5O/c1-2-23-21(25-13-11-16-9-10-19(22)26-14-16)27-15-17-6-5-12-24-20(17)28-18-7-3-4-8-18/h5-6,9-10,12,14,18H,2-4,7-8,11,13,15H2,1H3,(H2,23,25,27). The Hall–Kier alpha value is -2.34. The summed E-state index contributed by atoms with van der Waals surface area (Å²) in [5.41, 5.74) is 2.14. The maximum atomic E-state index is 6.11. The van der Waals surface area contributed by atoms with Crippen LogP contribution in [0.3, 0.4) is 0 Å². The van der Waals surface area contributed by atoms with Crippen LogP contribution in [0, 0.1) is 0 Å². The van der Waals surface area contributed by atoms with E-state index in [1.54, 1.807) is 12.4 Å². The van der Waals surface area contributed by atoms with E-state index in [9.17, 15) is 0 Å². The van der Waals surface area contributed by atoms with Crippen LogP contribution in [0.15, 0.2) is 41.7 Å². The predicted molar refractivity (Wildman–Crippen MR) is 113 cm³/mol. The van der Waals surface area contributed by atoms with Gasteiger partial charge in [-0.3, -0.25) is 0 Å². The van der Waals surface area contributed by atoms with Gasteiger partial charge in [-0.05, 0) is 56.7 Å². The molecule has 1 aliphatic rings. The predicted octanol–water partition coefficient (Wildman–Crippen LogP) is 3.75. The molecule has 150 valence electrons. The molecule has 1 saturated carbocycles. The monoisotopic (exact) mass is 401 g/mol. The summed E-state index contributed by atoms with van der Waals surface area (Å²) >= 11 is 5.83. The van der Waals surface area contributed by atoms with Gasteiger partial charge in [-0.1, -0.05) is 23.7 Å². The van der Waals surface area contributed by atoms with Crippen LogP contribution in [0.1, 0.15) is 43.7 Å². The minimum Gasteiger partial charge on any atom is -0.474 e. The van der Waals surface area contributed by atoms with Crippen molar-refractivity contribution < 1.29 is 4.74 Å². The fourth-order valence-corrected chi connectivity index (χ4v) is 3.31. The summed E-state index contributed by atoms with van der Waals surface area (Å²) in [5, 5.41) is 7.16. The first-order valence-corrected chi connectivity index (χ1v) is 10.4. The van der Waals surface area contributed by atoms with Gasteiger partial charge in [-0.2, -0.15) is 0 Å². The summed E-state index contributed by atoms with van der Waals surface area (Å²) in [6.45, 7) is 4.13. The van der Waals surface area contributed by atoms with Gasteiger partial charge in [0.1, 0.15) is 11.3 Å². The molecule has 0 bridgehead atoms. The van der Waals surface area contributed by atoms with E-state index >= 15 is 0 Å². The Balaban J connectivity index is 1.56. The van der Waals surface area contributed by atoms with Crippen LogP contribution in [-0.2, 0) is 13.0 Å². The van der Waals surface area contributed by atoms with E-state index in [4.69, 9.17) is 21.3 Å². The van der Waals surface area contributed by atoms with Crippen molar-refractivity contribution in [3.8, 4) is 5.88 Å². The average Bonchev–Trinajstić information content (AvgIpc) is 3.22. The molecule has 7 heteroatoms. The Morgan fingerprint density at radius 2 is 2.07 bits per heavy atom. The van der Waals surface area contributed by atoms with E-state index in [1.807, 2.05) is 24.3 Å². The van der Waals surface area contributed by atoms with Crippen molar-refractivity contribution in [2.75, 3.05) is 13.1 Å². The lowest BCUT2D eigenvalue weighted by molar-refractivity contribution is 0.199. The minimum atomic E-state index is 0.289. The Morgan fingerprint density at radius 3 is 2.82 bits per heavy atom. The second-order valence-electron chi connectivity index (χ2n) is 6.85. The number of ether oxygens (including phenoxy) is 1. The maximum Gasteiger partial charge on any atom is 0.218 e. The molecule has 0 radical (unpaired) electrons. The smallest absolute Gasteiger partial charge is 0.218 e. The highest BCUT2D eigenvalue weighted by Gasteiger charge is 2.18. The SMILES string of the molecule is CCNC(=NCc1cccnc1OC1CCCC1)NCCc1ccc(Cl)nc1. The minimum absolute atomic E-state index is 0.289. The molecule has 2 N–H and O–H groups in total. The van der Waals surface area contributed by atoms with Crippen LogP contribution in [0.25, 0.3) is 0 Å². The fourth-order valence-electron chi connectivity index (χ4n) is 3.20. The Kier molecular flexibility index (Phi) is 7.91. The van der Waals surface area contributed by atoms with Gasteiger partial charge < -0.3 is 15.4 Å². The van der Waals surface area contributed by atoms with Gasteiger partial charge >= 0.3 is 0 Å². The molecular formula is C21H28ClN5O. The summed E-state index contributed by atoms with van der Waals surface area (Å²) < 4.78 is 6.11. The highest BCUT2D eigenvalue weighted by atomic mass is 35.5. The number of aliphatic imine (C=N–C) groups is 1. The molecular weight excluding hydrogens is 374 g/mol. The maximum absolute atomic E-state index is 6.11. The van der Waals surface area contributed by atoms with Crippen LogP contribution in [0.2, 0.25) is 5.15 Å². The Bertz CT molecular complexity index is 760. The lowest BCUT2D eigenvalue weighted by Gasteiger charge is -2.15. The lowest BCUT2D eigenvalue weighted by Crippen LogP contribution is -2.38. The first-order chi connectivity index (χ1) is 13.7. The second kappa shape index (κ2) is 10.9. The Labute approximate surface area is 171 Å². The molecule has 2 heterocycles. The molecule has 0 aromatic carbocycles. The molecule has 0 amide bonds. The number of hydrogen-bond acceptors (Lipinski definition) is 4. The Morgan fingerprint density at radius 1 is 1.21 bits per heavy atom. The van der Waals surface area contributed by atoms with Crippen molar-refractivity contribution in [3.63, 3.8) is 0 Å². The van der Waals surface area contributed by atoms with Crippen LogP contribution < -0.4 is 15.4 Å². The van der Waals surface area contributed by atoms with Gasteiger partial charge in [0.2, 0.25) is 5.88 Å². The molecule has 0 spiro atoms. The number of nitrogens with zero attached hydrogens (tertiary/aromatic N) is 3. The van der Waals surface area contributed by atoms with Crippen molar-refractivity contribution in [2.24, 2.45) is 4.99 Å². The third kappa shape index (κ3) is 6.37. The van der Waals surface area contributed by atoms with Gasteiger partial charge in [0, 0.05) is 31.0 Å². The van der Waals surface area contributed by atoms with Crippen molar-refractivity contribution in [1.29, 1.82) is 0 Å². The number of aromatic nitrogens is 2. The number of guanidine groups is 1. The summed E-state index contributed by atoms with van der Waals surface area (Å²) in [6.07, 6.45) is 9.42. The number of nitrogens with one attached hydrogen (secondary N) is 2. The summed E-state index contributed by atoms with van der Waals surface area (Å²) in [4.78, 5) is 13.2. The molecule has 0 aliphatic heterocycles. The van der Waals surface area contributed by atoms with Crippen LogP contribution >= 0.6 is 11.6 Å². The zero-order chi connectivity index (χ0) is 19.6. The van der Waals surface area contributed by atoms with Crippen molar-refractivity contribution >= 4 is 17.6 Å². The highest BCUT2D eigenvalue weighted by Crippen LogP contribution is 2.25. The van der Waals surface area contributed by atoms with E-state index in [1.165, 1.54) is 12.8 Å². The molecule has 1 aliphatic carbocycles. The number of halogens is 1. The van der Waals surface area contributed by atoms with Gasteiger partial charge in [0.25, 0.3) is 0 Å². The molecule has 0 unspecified atom stereocenters. The van der Waals surface area contributed by atoms with E-state index in [-0.39, 0.29) is 6.10 Å². The molecule has 0 saturated heterocycles. The lowest BCUT2D eigenvalue weighted by atomic mass is 10.2. The number of hydrogen-bond donors (Lipinski definition) is 2.